The minimum absolute atomic E-state index is 0.317. The van der Waals surface area contributed by atoms with Gasteiger partial charge in [-0.1, -0.05) is 54.0 Å². The van der Waals surface area contributed by atoms with Gasteiger partial charge in [0.2, 0.25) is 5.79 Å². The summed E-state index contributed by atoms with van der Waals surface area (Å²) in [5, 5.41) is 1.36. The molecule has 26 heavy (non-hydrogen) atoms. The van der Waals surface area contributed by atoms with Gasteiger partial charge < -0.3 is 4.74 Å². The van der Waals surface area contributed by atoms with Gasteiger partial charge in [-0.2, -0.15) is 0 Å². The van der Waals surface area contributed by atoms with Crippen LogP contribution in [0.1, 0.15) is 42.9 Å². The monoisotopic (exact) mass is 390 g/mol. The number of hydrogen-bond acceptors (Lipinski definition) is 3. The van der Waals surface area contributed by atoms with Crippen LogP contribution >= 0.6 is 23.2 Å². The fourth-order valence-electron chi connectivity index (χ4n) is 3.58. The number of benzene rings is 2. The van der Waals surface area contributed by atoms with Gasteiger partial charge in [-0.05, 0) is 53.8 Å². The Hall–Kier alpha value is -1.36. The lowest BCUT2D eigenvalue weighted by Crippen LogP contribution is -2.45. The predicted molar refractivity (Wildman–Crippen MR) is 103 cm³/mol. The van der Waals surface area contributed by atoms with Crippen LogP contribution in [0.3, 0.4) is 0 Å². The van der Waals surface area contributed by atoms with Gasteiger partial charge in [-0.25, -0.2) is 9.78 Å². The maximum absolute atomic E-state index is 6.46. The normalized spacial score (nSPS) is 24.7. The van der Waals surface area contributed by atoms with Crippen molar-refractivity contribution in [3.05, 3.63) is 76.3 Å². The molecule has 1 aliphatic carbocycles. The van der Waals surface area contributed by atoms with E-state index in [0.29, 0.717) is 10.0 Å². The molecule has 1 heterocycles. The fourth-order valence-corrected chi connectivity index (χ4v) is 3.83. The summed E-state index contributed by atoms with van der Waals surface area (Å²) in [6.07, 6.45) is 3.03. The zero-order valence-corrected chi connectivity index (χ0v) is 15.8. The number of halogens is 2. The van der Waals surface area contributed by atoms with Crippen LogP contribution in [0.15, 0.2) is 55.1 Å². The molecule has 1 spiro atoms. The van der Waals surface area contributed by atoms with Crippen molar-refractivity contribution < 1.29 is 14.5 Å². The zero-order valence-electron chi connectivity index (χ0n) is 14.3. The summed E-state index contributed by atoms with van der Waals surface area (Å²) in [5.74, 6) is -0.666. The number of hydrogen-bond donors (Lipinski definition) is 0. The second-order valence-electron chi connectivity index (χ2n) is 6.84. The highest BCUT2D eigenvalue weighted by Gasteiger charge is 2.48. The van der Waals surface area contributed by atoms with Gasteiger partial charge in [-0.3, -0.25) is 0 Å². The van der Waals surface area contributed by atoms with Crippen molar-refractivity contribution >= 4 is 28.8 Å². The van der Waals surface area contributed by atoms with Crippen molar-refractivity contribution in [1.29, 1.82) is 0 Å². The lowest BCUT2D eigenvalue weighted by Gasteiger charge is -2.42. The van der Waals surface area contributed by atoms with E-state index in [1.807, 2.05) is 48.5 Å². The fraction of sp³-hybridized carbons (Fsp3) is 0.333. The quantitative estimate of drug-likeness (QED) is 0.570. The van der Waals surface area contributed by atoms with Crippen molar-refractivity contribution in [3.8, 4) is 0 Å². The van der Waals surface area contributed by atoms with Gasteiger partial charge in [-0.15, -0.1) is 0 Å². The molecule has 4 rings (SSSR count). The Morgan fingerprint density at radius 3 is 2.12 bits per heavy atom. The third kappa shape index (κ3) is 3.55. The standard InChI is InChI=1S/C21H20Cl2O3/c1-14(15-4-8-17(22)9-5-15)19-20(16-6-10-18(23)11-7-16)24-21(26-25-19)12-2-3-13-21/h4-11,19-20H,1-3,12-13H2/t19-,20-/m1/s1. The molecule has 2 fully saturated rings. The maximum Gasteiger partial charge on any atom is 0.202 e. The van der Waals surface area contributed by atoms with Crippen LogP contribution in [0, 0.1) is 0 Å². The Morgan fingerprint density at radius 2 is 1.50 bits per heavy atom. The summed E-state index contributed by atoms with van der Waals surface area (Å²) in [5.41, 5.74) is 2.71. The molecule has 2 aromatic carbocycles. The molecular formula is C21H20Cl2O3. The van der Waals surface area contributed by atoms with Gasteiger partial charge >= 0.3 is 0 Å². The van der Waals surface area contributed by atoms with E-state index in [1.165, 1.54) is 0 Å². The maximum atomic E-state index is 6.46. The van der Waals surface area contributed by atoms with Gasteiger partial charge in [0.1, 0.15) is 12.2 Å². The van der Waals surface area contributed by atoms with E-state index in [9.17, 15) is 0 Å². The minimum Gasteiger partial charge on any atom is -0.336 e. The molecule has 1 saturated heterocycles. The highest BCUT2D eigenvalue weighted by Crippen LogP contribution is 2.46. The third-order valence-corrected chi connectivity index (χ3v) is 5.55. The molecule has 0 amide bonds. The second kappa shape index (κ2) is 7.34. The van der Waals surface area contributed by atoms with Crippen molar-refractivity contribution in [3.63, 3.8) is 0 Å². The largest absolute Gasteiger partial charge is 0.336 e. The van der Waals surface area contributed by atoms with Crippen molar-refractivity contribution in [2.45, 2.75) is 43.7 Å². The summed E-state index contributed by atoms with van der Waals surface area (Å²) in [6.45, 7) is 4.23. The first-order valence-electron chi connectivity index (χ1n) is 8.79. The van der Waals surface area contributed by atoms with Crippen LogP contribution in [-0.4, -0.2) is 11.9 Å². The molecular weight excluding hydrogens is 371 g/mol. The molecule has 136 valence electrons. The summed E-state index contributed by atoms with van der Waals surface area (Å²) >= 11 is 12.1. The van der Waals surface area contributed by atoms with E-state index >= 15 is 0 Å². The second-order valence-corrected chi connectivity index (χ2v) is 7.71. The molecule has 0 aromatic heterocycles. The third-order valence-electron chi connectivity index (χ3n) is 5.04. The Balaban J connectivity index is 1.66. The smallest absolute Gasteiger partial charge is 0.202 e. The first-order chi connectivity index (χ1) is 12.6. The van der Waals surface area contributed by atoms with Crippen LogP contribution in [0.25, 0.3) is 5.57 Å². The van der Waals surface area contributed by atoms with Crippen molar-refractivity contribution in [2.24, 2.45) is 0 Å². The summed E-state index contributed by atoms with van der Waals surface area (Å²) in [4.78, 5) is 11.6. The zero-order chi connectivity index (χ0) is 18.1. The average Bonchev–Trinajstić information content (AvgIpc) is 3.10. The number of ether oxygens (including phenoxy) is 1. The van der Waals surface area contributed by atoms with Crippen molar-refractivity contribution in [2.75, 3.05) is 0 Å². The Kier molecular flexibility index (Phi) is 5.09. The highest BCUT2D eigenvalue weighted by atomic mass is 35.5. The first kappa shape index (κ1) is 18.0. The Labute approximate surface area is 163 Å². The van der Waals surface area contributed by atoms with E-state index < -0.39 is 11.9 Å². The topological polar surface area (TPSA) is 27.7 Å². The van der Waals surface area contributed by atoms with E-state index in [0.717, 1.165) is 42.4 Å². The summed E-state index contributed by atoms with van der Waals surface area (Å²) in [7, 11) is 0. The lowest BCUT2D eigenvalue weighted by molar-refractivity contribution is -0.493. The molecule has 0 bridgehead atoms. The van der Waals surface area contributed by atoms with Gasteiger partial charge in [0, 0.05) is 22.9 Å². The summed E-state index contributed by atoms with van der Waals surface area (Å²) in [6, 6.07) is 15.2. The molecule has 1 saturated carbocycles. The van der Waals surface area contributed by atoms with Gasteiger partial charge in [0.15, 0.2) is 0 Å². The predicted octanol–water partition coefficient (Wildman–Crippen LogP) is 6.37. The van der Waals surface area contributed by atoms with Gasteiger partial charge in [0.25, 0.3) is 0 Å². The molecule has 1 aliphatic heterocycles. The molecule has 0 unspecified atom stereocenters. The van der Waals surface area contributed by atoms with Crippen LogP contribution in [0.5, 0.6) is 0 Å². The van der Waals surface area contributed by atoms with Gasteiger partial charge in [0.05, 0.1) is 0 Å². The highest BCUT2D eigenvalue weighted by molar-refractivity contribution is 6.30. The number of rotatable bonds is 3. The molecule has 0 radical (unpaired) electrons. The molecule has 3 nitrogen and oxygen atoms in total. The first-order valence-corrected chi connectivity index (χ1v) is 9.54. The van der Waals surface area contributed by atoms with E-state index in [-0.39, 0.29) is 6.10 Å². The van der Waals surface area contributed by atoms with E-state index in [1.54, 1.807) is 0 Å². The molecule has 0 N–H and O–H groups in total. The van der Waals surface area contributed by atoms with Crippen LogP contribution < -0.4 is 0 Å². The molecule has 2 aromatic rings. The SMILES string of the molecule is C=C(c1ccc(Cl)cc1)[C@H]1OOC2(CCCC2)O[C@@H]1c1ccc(Cl)cc1. The average molecular weight is 391 g/mol. The van der Waals surface area contributed by atoms with Crippen molar-refractivity contribution in [1.82, 2.24) is 0 Å². The lowest BCUT2D eigenvalue weighted by atomic mass is 9.93. The minimum atomic E-state index is -0.666. The Bertz CT molecular complexity index is 780. The molecule has 5 heteroatoms. The van der Waals surface area contributed by atoms with E-state index in [2.05, 4.69) is 6.58 Å². The van der Waals surface area contributed by atoms with Crippen LogP contribution in [-0.2, 0) is 14.5 Å². The molecule has 2 aliphatic rings. The summed E-state index contributed by atoms with van der Waals surface area (Å²) < 4.78 is 6.46. The Morgan fingerprint density at radius 1 is 0.923 bits per heavy atom. The van der Waals surface area contributed by atoms with Crippen LogP contribution in [0.2, 0.25) is 10.0 Å². The van der Waals surface area contributed by atoms with E-state index in [4.69, 9.17) is 37.7 Å². The molecule has 2 atom stereocenters. The van der Waals surface area contributed by atoms with Crippen LogP contribution in [0.4, 0.5) is 0 Å².